The van der Waals surface area contributed by atoms with Gasteiger partial charge in [0.25, 0.3) is 5.91 Å². The average Bonchev–Trinajstić information content (AvgIpc) is 2.69. The predicted octanol–water partition coefficient (Wildman–Crippen LogP) is 2.19. The number of rotatable bonds is 5. The second-order valence-corrected chi connectivity index (χ2v) is 6.25. The Morgan fingerprint density at radius 1 is 1.04 bits per heavy atom. The van der Waals surface area contributed by atoms with Crippen LogP contribution in [0, 0.1) is 0 Å². The van der Waals surface area contributed by atoms with Crippen LogP contribution in [-0.4, -0.2) is 43.0 Å². The Hall–Kier alpha value is -2.70. The maximum Gasteiger partial charge on any atom is 0.254 e. The summed E-state index contributed by atoms with van der Waals surface area (Å²) in [4.78, 5) is 26.4. The number of amides is 2. The van der Waals surface area contributed by atoms with Gasteiger partial charge in [0.1, 0.15) is 0 Å². The van der Waals surface area contributed by atoms with Gasteiger partial charge in [-0.25, -0.2) is 0 Å². The summed E-state index contributed by atoms with van der Waals surface area (Å²) in [5, 5.41) is 2.82. The van der Waals surface area contributed by atoms with Gasteiger partial charge in [0.15, 0.2) is 0 Å². The second kappa shape index (κ2) is 8.60. The van der Waals surface area contributed by atoms with Crippen LogP contribution in [0.25, 0.3) is 0 Å². The van der Waals surface area contributed by atoms with Crippen LogP contribution in [-0.2, 0) is 9.53 Å². The van der Waals surface area contributed by atoms with E-state index in [4.69, 9.17) is 10.5 Å². The number of hydrogen-bond donors (Lipinski definition) is 2. The van der Waals surface area contributed by atoms with Gasteiger partial charge in [-0.15, -0.1) is 0 Å². The van der Waals surface area contributed by atoms with Crippen molar-refractivity contribution < 1.29 is 14.3 Å². The summed E-state index contributed by atoms with van der Waals surface area (Å²) in [7, 11) is 0. The van der Waals surface area contributed by atoms with E-state index in [1.807, 2.05) is 30.3 Å². The minimum atomic E-state index is -0.349. The molecule has 2 aromatic rings. The normalized spacial score (nSPS) is 15.3. The number of nitrogens with one attached hydrogen (secondary N) is 1. The fourth-order valence-electron chi connectivity index (χ4n) is 2.87. The number of nitrogens with two attached hydrogens (primary N) is 1. The van der Waals surface area contributed by atoms with E-state index < -0.39 is 0 Å². The van der Waals surface area contributed by atoms with Crippen molar-refractivity contribution in [3.8, 4) is 0 Å². The van der Waals surface area contributed by atoms with E-state index in [2.05, 4.69) is 5.32 Å². The van der Waals surface area contributed by atoms with E-state index in [1.54, 1.807) is 29.2 Å². The van der Waals surface area contributed by atoms with Crippen molar-refractivity contribution in [2.45, 2.75) is 12.5 Å². The minimum absolute atomic E-state index is 0.0164. The molecule has 6 heteroatoms. The van der Waals surface area contributed by atoms with Gasteiger partial charge < -0.3 is 20.7 Å². The zero-order valence-electron chi connectivity index (χ0n) is 14.6. The molecule has 0 aliphatic carbocycles. The largest absolute Gasteiger partial charge is 0.378 e. The number of hydrogen-bond acceptors (Lipinski definition) is 4. The Balaban J connectivity index is 1.55. The summed E-state index contributed by atoms with van der Waals surface area (Å²) in [5.74, 6) is -0.175. The van der Waals surface area contributed by atoms with Crippen LogP contribution in [0.1, 0.15) is 28.4 Å². The first kappa shape index (κ1) is 18.1. The van der Waals surface area contributed by atoms with Crippen LogP contribution < -0.4 is 11.1 Å². The van der Waals surface area contributed by atoms with E-state index in [-0.39, 0.29) is 24.3 Å². The number of benzene rings is 2. The molecule has 0 spiro atoms. The van der Waals surface area contributed by atoms with Crippen molar-refractivity contribution >= 4 is 17.5 Å². The fourth-order valence-corrected chi connectivity index (χ4v) is 2.87. The zero-order valence-corrected chi connectivity index (χ0v) is 14.6. The third-order valence-corrected chi connectivity index (χ3v) is 4.35. The molecular formula is C20H23N3O3. The Bertz CT molecular complexity index is 741. The van der Waals surface area contributed by atoms with Gasteiger partial charge in [0, 0.05) is 36.8 Å². The molecule has 3 rings (SSSR count). The minimum Gasteiger partial charge on any atom is -0.378 e. The molecule has 1 atom stereocenters. The highest BCUT2D eigenvalue weighted by Crippen LogP contribution is 2.16. The first-order chi connectivity index (χ1) is 12.6. The number of carbonyl (C=O) groups excluding carboxylic acids is 2. The van der Waals surface area contributed by atoms with Crippen molar-refractivity contribution in [2.24, 2.45) is 5.73 Å². The van der Waals surface area contributed by atoms with Crippen molar-refractivity contribution in [1.82, 2.24) is 4.90 Å². The molecule has 1 aliphatic rings. The quantitative estimate of drug-likeness (QED) is 0.863. The summed E-state index contributed by atoms with van der Waals surface area (Å²) in [6.45, 7) is 2.35. The molecule has 2 aromatic carbocycles. The van der Waals surface area contributed by atoms with Gasteiger partial charge in [-0.05, 0) is 29.8 Å². The molecule has 1 aliphatic heterocycles. The van der Waals surface area contributed by atoms with Crippen molar-refractivity contribution in [1.29, 1.82) is 0 Å². The summed E-state index contributed by atoms with van der Waals surface area (Å²) in [6, 6.07) is 16.1. The van der Waals surface area contributed by atoms with E-state index in [0.717, 1.165) is 5.56 Å². The second-order valence-electron chi connectivity index (χ2n) is 6.25. The molecule has 0 radical (unpaired) electrons. The Morgan fingerprint density at radius 2 is 1.69 bits per heavy atom. The zero-order chi connectivity index (χ0) is 18.4. The smallest absolute Gasteiger partial charge is 0.254 e. The summed E-state index contributed by atoms with van der Waals surface area (Å²) < 4.78 is 5.26. The highest BCUT2D eigenvalue weighted by molar-refractivity contribution is 5.96. The molecule has 0 bridgehead atoms. The van der Waals surface area contributed by atoms with Crippen LogP contribution in [0.5, 0.6) is 0 Å². The molecule has 0 saturated carbocycles. The molecule has 3 N–H and O–H groups in total. The van der Waals surface area contributed by atoms with E-state index in [0.29, 0.717) is 37.6 Å². The number of ether oxygens (including phenoxy) is 1. The van der Waals surface area contributed by atoms with Crippen molar-refractivity contribution in [2.75, 3.05) is 31.6 Å². The van der Waals surface area contributed by atoms with E-state index >= 15 is 0 Å². The van der Waals surface area contributed by atoms with E-state index in [1.165, 1.54) is 0 Å². The van der Waals surface area contributed by atoms with Gasteiger partial charge >= 0.3 is 0 Å². The monoisotopic (exact) mass is 353 g/mol. The molecule has 26 heavy (non-hydrogen) atoms. The predicted molar refractivity (Wildman–Crippen MR) is 99.8 cm³/mol. The highest BCUT2D eigenvalue weighted by Gasteiger charge is 2.18. The van der Waals surface area contributed by atoms with Crippen molar-refractivity contribution in [3.63, 3.8) is 0 Å². The standard InChI is InChI=1S/C20H23N3O3/c21-18(15-4-2-1-3-5-15)14-19(24)22-17-8-6-16(7-9-17)20(25)23-10-12-26-13-11-23/h1-9,18H,10-14,21H2,(H,22,24). The first-order valence-corrected chi connectivity index (χ1v) is 8.71. The molecule has 136 valence electrons. The van der Waals surface area contributed by atoms with Crippen LogP contribution in [0.4, 0.5) is 5.69 Å². The molecule has 1 fully saturated rings. The lowest BCUT2D eigenvalue weighted by atomic mass is 10.0. The molecule has 1 unspecified atom stereocenters. The van der Waals surface area contributed by atoms with Gasteiger partial charge in [-0.2, -0.15) is 0 Å². The van der Waals surface area contributed by atoms with Crippen LogP contribution in [0.3, 0.4) is 0 Å². The summed E-state index contributed by atoms with van der Waals surface area (Å²) >= 11 is 0. The van der Waals surface area contributed by atoms with Gasteiger partial charge in [0.05, 0.1) is 13.2 Å². The van der Waals surface area contributed by atoms with Crippen LogP contribution in [0.2, 0.25) is 0 Å². The van der Waals surface area contributed by atoms with E-state index in [9.17, 15) is 9.59 Å². The lowest BCUT2D eigenvalue weighted by Gasteiger charge is -2.26. The third-order valence-electron chi connectivity index (χ3n) is 4.35. The average molecular weight is 353 g/mol. The Kier molecular flexibility index (Phi) is 5.99. The maximum atomic E-state index is 12.4. The molecule has 1 saturated heterocycles. The first-order valence-electron chi connectivity index (χ1n) is 8.71. The summed E-state index contributed by atoms with van der Waals surface area (Å²) in [6.07, 6.45) is 0.193. The molecule has 0 aromatic heterocycles. The van der Waals surface area contributed by atoms with Gasteiger partial charge in [0.2, 0.25) is 5.91 Å². The molecular weight excluding hydrogens is 330 g/mol. The Labute approximate surface area is 152 Å². The number of carbonyl (C=O) groups is 2. The number of nitrogens with zero attached hydrogens (tertiary/aromatic N) is 1. The number of morpholine rings is 1. The molecule has 2 amide bonds. The molecule has 6 nitrogen and oxygen atoms in total. The van der Waals surface area contributed by atoms with Crippen LogP contribution in [0.15, 0.2) is 54.6 Å². The maximum absolute atomic E-state index is 12.4. The number of anilines is 1. The Morgan fingerprint density at radius 3 is 2.35 bits per heavy atom. The van der Waals surface area contributed by atoms with Crippen molar-refractivity contribution in [3.05, 3.63) is 65.7 Å². The highest BCUT2D eigenvalue weighted by atomic mass is 16.5. The van der Waals surface area contributed by atoms with Crippen LogP contribution >= 0.6 is 0 Å². The topological polar surface area (TPSA) is 84.7 Å². The van der Waals surface area contributed by atoms with Gasteiger partial charge in [-0.3, -0.25) is 9.59 Å². The van der Waals surface area contributed by atoms with Gasteiger partial charge in [-0.1, -0.05) is 30.3 Å². The fraction of sp³-hybridized carbons (Fsp3) is 0.300. The third kappa shape index (κ3) is 4.68. The lowest BCUT2D eigenvalue weighted by Crippen LogP contribution is -2.40. The molecule has 1 heterocycles. The SMILES string of the molecule is NC(CC(=O)Nc1ccc(C(=O)N2CCOCC2)cc1)c1ccccc1. The summed E-state index contributed by atoms with van der Waals surface area (Å²) in [5.41, 5.74) is 8.25. The lowest BCUT2D eigenvalue weighted by molar-refractivity contribution is -0.116.